The predicted octanol–water partition coefficient (Wildman–Crippen LogP) is 2.00. The maximum atomic E-state index is 5.75. The standard InChI is InChI=1S/C14H16N4/c15-10-12-2-1-3-14-13(12)4-6-18(14)9-8-17-7-5-16-11-17/h1-7,11H,8-10,15H2. The molecule has 0 radical (unpaired) electrons. The second-order valence-corrected chi connectivity index (χ2v) is 4.36. The molecular formula is C14H16N4. The summed E-state index contributed by atoms with van der Waals surface area (Å²) in [6.07, 6.45) is 7.76. The number of fused-ring (bicyclic) bond motifs is 1. The second kappa shape index (κ2) is 4.66. The average Bonchev–Trinajstić information content (AvgIpc) is 3.05. The van der Waals surface area contributed by atoms with Gasteiger partial charge in [-0.25, -0.2) is 4.98 Å². The predicted molar refractivity (Wildman–Crippen MR) is 72.1 cm³/mol. The number of hydrogen-bond donors (Lipinski definition) is 1. The zero-order valence-corrected chi connectivity index (χ0v) is 10.2. The van der Waals surface area contributed by atoms with Crippen LogP contribution in [-0.2, 0) is 19.6 Å². The Labute approximate surface area is 106 Å². The number of benzene rings is 1. The van der Waals surface area contributed by atoms with Crippen LogP contribution in [0.5, 0.6) is 0 Å². The molecule has 0 saturated heterocycles. The topological polar surface area (TPSA) is 48.8 Å². The van der Waals surface area contributed by atoms with Crippen molar-refractivity contribution >= 4 is 10.9 Å². The highest BCUT2D eigenvalue weighted by atomic mass is 15.1. The molecule has 0 amide bonds. The van der Waals surface area contributed by atoms with Crippen molar-refractivity contribution < 1.29 is 0 Å². The number of nitrogens with zero attached hydrogens (tertiary/aromatic N) is 3. The largest absolute Gasteiger partial charge is 0.346 e. The van der Waals surface area contributed by atoms with Crippen molar-refractivity contribution in [3.63, 3.8) is 0 Å². The molecule has 0 saturated carbocycles. The van der Waals surface area contributed by atoms with Gasteiger partial charge in [-0.2, -0.15) is 0 Å². The lowest BCUT2D eigenvalue weighted by Crippen LogP contribution is -2.05. The average molecular weight is 240 g/mol. The minimum absolute atomic E-state index is 0.586. The molecule has 92 valence electrons. The normalized spacial score (nSPS) is 11.2. The summed E-state index contributed by atoms with van der Waals surface area (Å²) < 4.78 is 4.34. The summed E-state index contributed by atoms with van der Waals surface area (Å²) in [5, 5.41) is 1.26. The smallest absolute Gasteiger partial charge is 0.0946 e. The molecular weight excluding hydrogens is 224 g/mol. The molecule has 4 heteroatoms. The van der Waals surface area contributed by atoms with Crippen LogP contribution in [0.3, 0.4) is 0 Å². The molecule has 3 rings (SSSR count). The molecule has 0 bridgehead atoms. The van der Waals surface area contributed by atoms with E-state index in [1.165, 1.54) is 16.5 Å². The first-order chi connectivity index (χ1) is 8.88. The summed E-state index contributed by atoms with van der Waals surface area (Å²) in [5.41, 5.74) is 8.21. The highest BCUT2D eigenvalue weighted by molar-refractivity contribution is 5.83. The van der Waals surface area contributed by atoms with E-state index in [0.29, 0.717) is 6.54 Å². The van der Waals surface area contributed by atoms with Crippen molar-refractivity contribution in [3.8, 4) is 0 Å². The van der Waals surface area contributed by atoms with E-state index in [2.05, 4.69) is 44.6 Å². The summed E-state index contributed by atoms with van der Waals surface area (Å²) in [6.45, 7) is 2.45. The number of rotatable bonds is 4. The number of aromatic nitrogens is 3. The Morgan fingerprint density at radius 3 is 2.83 bits per heavy atom. The summed E-state index contributed by atoms with van der Waals surface area (Å²) in [7, 11) is 0. The van der Waals surface area contributed by atoms with Crippen LogP contribution in [0.25, 0.3) is 10.9 Å². The molecule has 0 aliphatic rings. The van der Waals surface area contributed by atoms with Gasteiger partial charge >= 0.3 is 0 Å². The summed E-state index contributed by atoms with van der Waals surface area (Å²) in [4.78, 5) is 4.05. The lowest BCUT2D eigenvalue weighted by Gasteiger charge is -2.07. The molecule has 0 unspecified atom stereocenters. The maximum Gasteiger partial charge on any atom is 0.0946 e. The van der Waals surface area contributed by atoms with Crippen molar-refractivity contribution in [2.45, 2.75) is 19.6 Å². The van der Waals surface area contributed by atoms with Crippen molar-refractivity contribution in [2.24, 2.45) is 5.73 Å². The van der Waals surface area contributed by atoms with Crippen molar-refractivity contribution in [2.75, 3.05) is 0 Å². The summed E-state index contributed by atoms with van der Waals surface area (Å²) in [5.74, 6) is 0. The molecule has 2 N–H and O–H groups in total. The van der Waals surface area contributed by atoms with E-state index >= 15 is 0 Å². The molecule has 18 heavy (non-hydrogen) atoms. The van der Waals surface area contributed by atoms with Crippen LogP contribution >= 0.6 is 0 Å². The first-order valence-corrected chi connectivity index (χ1v) is 6.11. The van der Waals surface area contributed by atoms with E-state index in [0.717, 1.165) is 13.1 Å². The number of imidazole rings is 1. The van der Waals surface area contributed by atoms with Gasteiger partial charge in [-0.1, -0.05) is 12.1 Å². The molecule has 0 aliphatic carbocycles. The molecule has 0 aliphatic heterocycles. The van der Waals surface area contributed by atoms with Crippen LogP contribution in [-0.4, -0.2) is 14.1 Å². The third kappa shape index (κ3) is 1.91. The van der Waals surface area contributed by atoms with E-state index in [-0.39, 0.29) is 0 Å². The highest BCUT2D eigenvalue weighted by Crippen LogP contribution is 2.20. The van der Waals surface area contributed by atoms with E-state index in [4.69, 9.17) is 5.73 Å². The van der Waals surface area contributed by atoms with Gasteiger partial charge in [0.25, 0.3) is 0 Å². The van der Waals surface area contributed by atoms with Crippen molar-refractivity contribution in [3.05, 3.63) is 54.7 Å². The monoisotopic (exact) mass is 240 g/mol. The first-order valence-electron chi connectivity index (χ1n) is 6.11. The van der Waals surface area contributed by atoms with Crippen molar-refractivity contribution in [1.82, 2.24) is 14.1 Å². The zero-order valence-electron chi connectivity index (χ0n) is 10.2. The fourth-order valence-corrected chi connectivity index (χ4v) is 2.30. The van der Waals surface area contributed by atoms with Gasteiger partial charge in [0.2, 0.25) is 0 Å². The number of hydrogen-bond acceptors (Lipinski definition) is 2. The Morgan fingerprint density at radius 1 is 1.11 bits per heavy atom. The third-order valence-electron chi connectivity index (χ3n) is 3.28. The Balaban J connectivity index is 1.88. The minimum atomic E-state index is 0.586. The second-order valence-electron chi connectivity index (χ2n) is 4.36. The van der Waals surface area contributed by atoms with Gasteiger partial charge in [0.1, 0.15) is 0 Å². The molecule has 3 aromatic rings. The van der Waals surface area contributed by atoms with Crippen molar-refractivity contribution in [1.29, 1.82) is 0 Å². The van der Waals surface area contributed by atoms with Crippen LogP contribution in [0.1, 0.15) is 5.56 Å². The zero-order chi connectivity index (χ0) is 12.4. The van der Waals surface area contributed by atoms with E-state index in [1.807, 2.05) is 12.5 Å². The van der Waals surface area contributed by atoms with Crippen LogP contribution in [0.4, 0.5) is 0 Å². The van der Waals surface area contributed by atoms with Crippen LogP contribution in [0, 0.1) is 0 Å². The summed E-state index contributed by atoms with van der Waals surface area (Å²) >= 11 is 0. The molecule has 1 aromatic carbocycles. The highest BCUT2D eigenvalue weighted by Gasteiger charge is 2.04. The lowest BCUT2D eigenvalue weighted by atomic mass is 10.1. The summed E-state index contributed by atoms with van der Waals surface area (Å²) in [6, 6.07) is 8.44. The van der Waals surface area contributed by atoms with Gasteiger partial charge in [-0.3, -0.25) is 0 Å². The SMILES string of the molecule is NCc1cccc2c1ccn2CCn1ccnc1. The molecule has 4 nitrogen and oxygen atoms in total. The molecule has 0 fully saturated rings. The molecule has 2 aromatic heterocycles. The minimum Gasteiger partial charge on any atom is -0.346 e. The molecule has 0 atom stereocenters. The fraction of sp³-hybridized carbons (Fsp3) is 0.214. The Morgan fingerprint density at radius 2 is 2.06 bits per heavy atom. The maximum absolute atomic E-state index is 5.75. The van der Waals surface area contributed by atoms with Crippen LogP contribution in [0.15, 0.2) is 49.2 Å². The Hall–Kier alpha value is -2.07. The van der Waals surface area contributed by atoms with E-state index < -0.39 is 0 Å². The Bertz CT molecular complexity index is 637. The van der Waals surface area contributed by atoms with E-state index in [9.17, 15) is 0 Å². The quantitative estimate of drug-likeness (QED) is 0.758. The Kier molecular flexibility index (Phi) is 2.86. The molecule has 2 heterocycles. The van der Waals surface area contributed by atoms with Gasteiger partial charge < -0.3 is 14.9 Å². The van der Waals surface area contributed by atoms with Gasteiger partial charge in [0.05, 0.1) is 6.33 Å². The fourth-order valence-electron chi connectivity index (χ4n) is 2.30. The number of aryl methyl sites for hydroxylation is 2. The first kappa shape index (κ1) is 11.0. The molecule has 0 spiro atoms. The van der Waals surface area contributed by atoms with Gasteiger partial charge in [0, 0.05) is 49.1 Å². The number of nitrogens with two attached hydrogens (primary N) is 1. The van der Waals surface area contributed by atoms with Gasteiger partial charge in [-0.05, 0) is 17.7 Å². The van der Waals surface area contributed by atoms with Crippen LogP contribution in [0.2, 0.25) is 0 Å². The third-order valence-corrected chi connectivity index (χ3v) is 3.28. The lowest BCUT2D eigenvalue weighted by molar-refractivity contribution is 0.592. The van der Waals surface area contributed by atoms with Gasteiger partial charge in [-0.15, -0.1) is 0 Å². The van der Waals surface area contributed by atoms with Gasteiger partial charge in [0.15, 0.2) is 0 Å². The van der Waals surface area contributed by atoms with Crippen LogP contribution < -0.4 is 5.73 Å². The van der Waals surface area contributed by atoms with E-state index in [1.54, 1.807) is 6.20 Å².